The Hall–Kier alpha value is -4.23. The van der Waals surface area contributed by atoms with Crippen molar-refractivity contribution in [2.45, 2.75) is 26.3 Å². The highest BCUT2D eigenvalue weighted by atomic mass is 16.5. The number of furan rings is 1. The molecular weight excluding hydrogens is 430 g/mol. The van der Waals surface area contributed by atoms with Gasteiger partial charge in [-0.1, -0.05) is 66.7 Å². The van der Waals surface area contributed by atoms with Crippen molar-refractivity contribution < 1.29 is 13.9 Å². The average molecular weight is 453 g/mol. The van der Waals surface area contributed by atoms with Gasteiger partial charge in [0.05, 0.1) is 19.5 Å². The molecule has 0 spiro atoms. The summed E-state index contributed by atoms with van der Waals surface area (Å²) in [5.74, 6) is -0.287. The molecule has 0 bridgehead atoms. The number of fused-ring (bicyclic) bond motifs is 3. The number of aromatic nitrogens is 2. The Labute approximate surface area is 195 Å². The highest BCUT2D eigenvalue weighted by Gasteiger charge is 2.14. The molecule has 5 aromatic rings. The van der Waals surface area contributed by atoms with Gasteiger partial charge in [0.25, 0.3) is 5.56 Å². The molecule has 170 valence electrons. The third-order valence-corrected chi connectivity index (χ3v) is 5.53. The van der Waals surface area contributed by atoms with Gasteiger partial charge >= 0.3 is 0 Å². The van der Waals surface area contributed by atoms with Crippen LogP contribution >= 0.6 is 0 Å². The number of nitrogens with zero attached hydrogens (tertiary/aromatic N) is 2. The summed E-state index contributed by atoms with van der Waals surface area (Å²) in [6.45, 7) is 1.23. The van der Waals surface area contributed by atoms with Crippen LogP contribution in [0.2, 0.25) is 0 Å². The standard InChI is InChI=1S/C27H23N3O4/c31-24(15-30-18-29-25-22-11-4-5-12-23(22)34-26(25)27(30)32)28-14-20-9-6-10-21(13-20)17-33-16-19-7-2-1-3-8-19/h1-13,18H,14-17H2,(H,28,31). The van der Waals surface area contributed by atoms with Crippen molar-refractivity contribution >= 4 is 28.0 Å². The maximum atomic E-state index is 12.8. The van der Waals surface area contributed by atoms with Crippen LogP contribution in [-0.4, -0.2) is 15.5 Å². The summed E-state index contributed by atoms with van der Waals surface area (Å²) in [5.41, 5.74) is 3.97. The number of benzene rings is 3. The van der Waals surface area contributed by atoms with Crippen LogP contribution in [0.1, 0.15) is 16.7 Å². The molecule has 34 heavy (non-hydrogen) atoms. The lowest BCUT2D eigenvalue weighted by Crippen LogP contribution is -2.32. The molecule has 0 aliphatic rings. The van der Waals surface area contributed by atoms with Crippen LogP contribution in [0.15, 0.2) is 94.4 Å². The second kappa shape index (κ2) is 9.72. The Morgan fingerprint density at radius 2 is 1.65 bits per heavy atom. The molecule has 0 radical (unpaired) electrons. The smallest absolute Gasteiger partial charge is 0.297 e. The lowest BCUT2D eigenvalue weighted by molar-refractivity contribution is -0.121. The number of hydrogen-bond acceptors (Lipinski definition) is 5. The first-order valence-corrected chi connectivity index (χ1v) is 11.0. The third-order valence-electron chi connectivity index (χ3n) is 5.53. The summed E-state index contributed by atoms with van der Waals surface area (Å²) in [7, 11) is 0. The second-order valence-electron chi connectivity index (χ2n) is 8.03. The normalized spacial score (nSPS) is 11.2. The molecule has 0 saturated heterocycles. The maximum absolute atomic E-state index is 12.8. The van der Waals surface area contributed by atoms with Gasteiger partial charge in [-0.05, 0) is 28.8 Å². The predicted octanol–water partition coefficient (Wildman–Crippen LogP) is 4.18. The Bertz CT molecular complexity index is 1510. The number of rotatable bonds is 8. The Balaban J connectivity index is 1.19. The zero-order valence-electron chi connectivity index (χ0n) is 18.4. The van der Waals surface area contributed by atoms with Gasteiger partial charge in [0, 0.05) is 11.9 Å². The van der Waals surface area contributed by atoms with Crippen LogP contribution in [-0.2, 0) is 35.8 Å². The number of carbonyl (C=O) groups is 1. The van der Waals surface area contributed by atoms with E-state index in [-0.39, 0.29) is 23.6 Å². The lowest BCUT2D eigenvalue weighted by atomic mass is 10.1. The van der Waals surface area contributed by atoms with Gasteiger partial charge in [0.1, 0.15) is 17.6 Å². The lowest BCUT2D eigenvalue weighted by Gasteiger charge is -2.09. The van der Waals surface area contributed by atoms with Crippen molar-refractivity contribution in [3.63, 3.8) is 0 Å². The molecule has 7 heteroatoms. The van der Waals surface area contributed by atoms with Crippen LogP contribution < -0.4 is 10.9 Å². The number of para-hydroxylation sites is 1. The van der Waals surface area contributed by atoms with E-state index in [0.29, 0.717) is 30.9 Å². The first kappa shape index (κ1) is 21.6. The number of ether oxygens (including phenoxy) is 1. The van der Waals surface area contributed by atoms with Crippen LogP contribution in [0, 0.1) is 0 Å². The minimum absolute atomic E-state index is 0.140. The van der Waals surface area contributed by atoms with Crippen molar-refractivity contribution in [2.75, 3.05) is 0 Å². The molecule has 1 amide bonds. The van der Waals surface area contributed by atoms with Gasteiger partial charge in [-0.3, -0.25) is 14.2 Å². The molecule has 1 N–H and O–H groups in total. The number of carbonyl (C=O) groups excluding carboxylic acids is 1. The van der Waals surface area contributed by atoms with Crippen molar-refractivity contribution in [3.05, 3.63) is 112 Å². The Morgan fingerprint density at radius 1 is 0.912 bits per heavy atom. The molecule has 2 aromatic heterocycles. The average Bonchev–Trinajstić information content (AvgIpc) is 3.25. The van der Waals surface area contributed by atoms with Crippen LogP contribution in [0.25, 0.3) is 22.1 Å². The molecule has 5 rings (SSSR count). The highest BCUT2D eigenvalue weighted by molar-refractivity contribution is 6.01. The van der Waals surface area contributed by atoms with Crippen molar-refractivity contribution in [1.82, 2.24) is 14.9 Å². The first-order valence-electron chi connectivity index (χ1n) is 11.0. The van der Waals surface area contributed by atoms with E-state index >= 15 is 0 Å². The van der Waals surface area contributed by atoms with E-state index in [1.807, 2.05) is 72.8 Å². The molecule has 7 nitrogen and oxygen atoms in total. The SMILES string of the molecule is O=C(Cn1cnc2c(oc3ccccc32)c1=O)NCc1cccc(COCc2ccccc2)c1. The molecule has 0 unspecified atom stereocenters. The minimum Gasteiger partial charge on any atom is -0.448 e. The summed E-state index contributed by atoms with van der Waals surface area (Å²) in [5, 5.41) is 3.64. The molecule has 3 aromatic carbocycles. The number of hydrogen-bond donors (Lipinski definition) is 1. The Kier molecular flexibility index (Phi) is 6.18. The number of amides is 1. The fourth-order valence-electron chi connectivity index (χ4n) is 3.83. The van der Waals surface area contributed by atoms with E-state index in [4.69, 9.17) is 9.15 Å². The molecule has 0 aliphatic carbocycles. The van der Waals surface area contributed by atoms with E-state index in [0.717, 1.165) is 22.1 Å². The van der Waals surface area contributed by atoms with E-state index < -0.39 is 0 Å². The monoisotopic (exact) mass is 453 g/mol. The fourth-order valence-corrected chi connectivity index (χ4v) is 3.83. The largest absolute Gasteiger partial charge is 0.448 e. The summed E-state index contributed by atoms with van der Waals surface area (Å²) < 4.78 is 12.7. The topological polar surface area (TPSA) is 86.4 Å². The summed E-state index contributed by atoms with van der Waals surface area (Å²) >= 11 is 0. The van der Waals surface area contributed by atoms with Crippen LogP contribution in [0.5, 0.6) is 0 Å². The quantitative estimate of drug-likeness (QED) is 0.381. The van der Waals surface area contributed by atoms with Crippen molar-refractivity contribution in [2.24, 2.45) is 0 Å². The predicted molar refractivity (Wildman–Crippen MR) is 129 cm³/mol. The summed E-state index contributed by atoms with van der Waals surface area (Å²) in [4.78, 5) is 29.6. The van der Waals surface area contributed by atoms with Gasteiger partial charge in [-0.25, -0.2) is 4.98 Å². The van der Waals surface area contributed by atoms with Gasteiger partial charge in [-0.2, -0.15) is 0 Å². The molecule has 2 heterocycles. The molecule has 0 aliphatic heterocycles. The maximum Gasteiger partial charge on any atom is 0.297 e. The van der Waals surface area contributed by atoms with E-state index in [1.54, 1.807) is 6.07 Å². The minimum atomic E-state index is -0.381. The first-order chi connectivity index (χ1) is 16.7. The van der Waals surface area contributed by atoms with Gasteiger partial charge < -0.3 is 14.5 Å². The molecule has 0 saturated carbocycles. The van der Waals surface area contributed by atoms with Gasteiger partial charge in [-0.15, -0.1) is 0 Å². The van der Waals surface area contributed by atoms with E-state index in [1.165, 1.54) is 10.9 Å². The zero-order valence-corrected chi connectivity index (χ0v) is 18.4. The van der Waals surface area contributed by atoms with E-state index in [9.17, 15) is 9.59 Å². The van der Waals surface area contributed by atoms with Gasteiger partial charge in [0.15, 0.2) is 0 Å². The molecular formula is C27H23N3O4. The van der Waals surface area contributed by atoms with Crippen molar-refractivity contribution in [1.29, 1.82) is 0 Å². The second-order valence-corrected chi connectivity index (χ2v) is 8.03. The molecule has 0 atom stereocenters. The zero-order chi connectivity index (χ0) is 23.3. The highest BCUT2D eigenvalue weighted by Crippen LogP contribution is 2.24. The third kappa shape index (κ3) is 4.74. The molecule has 0 fully saturated rings. The summed E-state index contributed by atoms with van der Waals surface area (Å²) in [6, 6.07) is 25.2. The van der Waals surface area contributed by atoms with Gasteiger partial charge in [0.2, 0.25) is 11.5 Å². The van der Waals surface area contributed by atoms with Crippen molar-refractivity contribution in [3.8, 4) is 0 Å². The fraction of sp³-hybridized carbons (Fsp3) is 0.148. The van der Waals surface area contributed by atoms with Crippen LogP contribution in [0.4, 0.5) is 0 Å². The van der Waals surface area contributed by atoms with Crippen LogP contribution in [0.3, 0.4) is 0 Å². The number of nitrogens with one attached hydrogen (secondary N) is 1. The summed E-state index contributed by atoms with van der Waals surface area (Å²) in [6.07, 6.45) is 1.39. The van der Waals surface area contributed by atoms with E-state index in [2.05, 4.69) is 10.3 Å². The Morgan fingerprint density at radius 3 is 2.53 bits per heavy atom.